The summed E-state index contributed by atoms with van der Waals surface area (Å²) in [4.78, 5) is 21.2. The molecule has 16 heavy (non-hydrogen) atoms. The molecule has 0 aliphatic heterocycles. The molecule has 0 amide bonds. The molecule has 0 spiro atoms. The number of aldehydes is 1. The van der Waals surface area contributed by atoms with E-state index in [-0.39, 0.29) is 6.42 Å². The average Bonchev–Trinajstić information content (AvgIpc) is 2.29. The largest absolute Gasteiger partial charge is 0.481 e. The number of rotatable bonds is 10. The Morgan fingerprint density at radius 2 is 1.88 bits per heavy atom. The van der Waals surface area contributed by atoms with Crippen molar-refractivity contribution >= 4 is 44.1 Å². The van der Waals surface area contributed by atoms with Crippen molar-refractivity contribution in [2.45, 2.75) is 31.2 Å². The molecule has 0 aromatic carbocycles. The first kappa shape index (κ1) is 16.1. The van der Waals surface area contributed by atoms with E-state index in [1.54, 1.807) is 0 Å². The Hall–Kier alpha value is 0.0600. The second-order valence-corrected chi connectivity index (χ2v) is 4.79. The standard InChI is InChI=1S/C10H17Br2NO3/c11-6-10(7-12,8-14)13-5-3-1-2-4-9(15)16/h8,13H,1-7H2,(H,15,16). The van der Waals surface area contributed by atoms with Crippen LogP contribution in [0.25, 0.3) is 0 Å². The van der Waals surface area contributed by atoms with Crippen molar-refractivity contribution < 1.29 is 14.7 Å². The number of alkyl halides is 2. The van der Waals surface area contributed by atoms with Gasteiger partial charge in [0.25, 0.3) is 0 Å². The highest BCUT2D eigenvalue weighted by molar-refractivity contribution is 9.10. The topological polar surface area (TPSA) is 66.4 Å². The van der Waals surface area contributed by atoms with Gasteiger partial charge in [-0.25, -0.2) is 0 Å². The van der Waals surface area contributed by atoms with Crippen molar-refractivity contribution in [2.24, 2.45) is 0 Å². The van der Waals surface area contributed by atoms with Crippen LogP contribution in [0, 0.1) is 0 Å². The van der Waals surface area contributed by atoms with Gasteiger partial charge in [-0.15, -0.1) is 0 Å². The van der Waals surface area contributed by atoms with E-state index in [1.807, 2.05) is 0 Å². The van der Waals surface area contributed by atoms with E-state index in [9.17, 15) is 9.59 Å². The summed E-state index contributed by atoms with van der Waals surface area (Å²) in [5.41, 5.74) is -0.549. The third-order valence-corrected chi connectivity index (χ3v) is 4.25. The maximum atomic E-state index is 10.9. The van der Waals surface area contributed by atoms with Crippen molar-refractivity contribution in [2.75, 3.05) is 17.2 Å². The first-order valence-corrected chi connectivity index (χ1v) is 7.39. The number of halogens is 2. The van der Waals surface area contributed by atoms with E-state index in [1.165, 1.54) is 0 Å². The molecule has 0 unspecified atom stereocenters. The molecule has 6 heteroatoms. The first-order chi connectivity index (χ1) is 7.60. The number of carbonyl (C=O) groups excluding carboxylic acids is 1. The van der Waals surface area contributed by atoms with Gasteiger partial charge in [-0.05, 0) is 19.4 Å². The van der Waals surface area contributed by atoms with Crippen LogP contribution in [0.5, 0.6) is 0 Å². The van der Waals surface area contributed by atoms with Crippen LogP contribution in [-0.2, 0) is 9.59 Å². The maximum Gasteiger partial charge on any atom is 0.303 e. The fourth-order valence-corrected chi connectivity index (χ4v) is 2.74. The molecule has 2 N–H and O–H groups in total. The Morgan fingerprint density at radius 1 is 1.25 bits per heavy atom. The lowest BCUT2D eigenvalue weighted by Crippen LogP contribution is -2.50. The minimum atomic E-state index is -0.754. The third kappa shape index (κ3) is 6.60. The lowest BCUT2D eigenvalue weighted by atomic mass is 10.1. The molecule has 0 saturated carbocycles. The number of hydrogen-bond acceptors (Lipinski definition) is 3. The van der Waals surface area contributed by atoms with E-state index >= 15 is 0 Å². The molecular formula is C10H17Br2NO3. The van der Waals surface area contributed by atoms with Gasteiger partial charge in [0.1, 0.15) is 6.29 Å². The van der Waals surface area contributed by atoms with Crippen LogP contribution in [0.15, 0.2) is 0 Å². The van der Waals surface area contributed by atoms with E-state index in [4.69, 9.17) is 5.11 Å². The number of nitrogens with one attached hydrogen (secondary N) is 1. The maximum absolute atomic E-state index is 10.9. The lowest BCUT2D eigenvalue weighted by molar-refractivity contribution is -0.137. The van der Waals surface area contributed by atoms with Crippen LogP contribution < -0.4 is 5.32 Å². The van der Waals surface area contributed by atoms with Gasteiger partial charge in [0.2, 0.25) is 0 Å². The molecule has 0 heterocycles. The number of carboxylic acid groups (broad SMARTS) is 1. The first-order valence-electron chi connectivity index (χ1n) is 5.15. The predicted molar refractivity (Wildman–Crippen MR) is 70.5 cm³/mol. The van der Waals surface area contributed by atoms with Crippen LogP contribution in [0.2, 0.25) is 0 Å². The Morgan fingerprint density at radius 3 is 2.31 bits per heavy atom. The SMILES string of the molecule is O=CC(CBr)(CBr)NCCCCCC(=O)O. The van der Waals surface area contributed by atoms with E-state index < -0.39 is 11.5 Å². The van der Waals surface area contributed by atoms with Crippen molar-refractivity contribution in [3.05, 3.63) is 0 Å². The number of aliphatic carboxylic acids is 1. The van der Waals surface area contributed by atoms with Gasteiger partial charge in [-0.2, -0.15) is 0 Å². The zero-order valence-corrected chi connectivity index (χ0v) is 12.2. The summed E-state index contributed by atoms with van der Waals surface area (Å²) < 4.78 is 0. The second kappa shape index (κ2) is 9.13. The van der Waals surface area contributed by atoms with Crippen molar-refractivity contribution in [1.82, 2.24) is 5.32 Å². The number of carboxylic acids is 1. The normalized spacial score (nSPS) is 11.4. The van der Waals surface area contributed by atoms with Gasteiger partial charge in [-0.3, -0.25) is 4.79 Å². The smallest absolute Gasteiger partial charge is 0.303 e. The predicted octanol–water partition coefficient (Wildman–Crippen LogP) is 1.95. The fraction of sp³-hybridized carbons (Fsp3) is 0.800. The molecule has 4 nitrogen and oxygen atoms in total. The minimum absolute atomic E-state index is 0.218. The Labute approximate surface area is 112 Å². The average molecular weight is 359 g/mol. The van der Waals surface area contributed by atoms with Crippen LogP contribution in [0.4, 0.5) is 0 Å². The third-order valence-electron chi connectivity index (χ3n) is 2.25. The fourth-order valence-electron chi connectivity index (χ4n) is 1.15. The molecule has 0 bridgehead atoms. The van der Waals surface area contributed by atoms with Crippen LogP contribution >= 0.6 is 31.9 Å². The molecule has 0 rings (SSSR count). The molecule has 0 aliphatic rings. The van der Waals surface area contributed by atoms with Gasteiger partial charge in [-0.1, -0.05) is 38.3 Å². The summed E-state index contributed by atoms with van der Waals surface area (Å²) in [5.74, 6) is -0.754. The number of hydrogen-bond donors (Lipinski definition) is 2. The Kier molecular flexibility index (Phi) is 9.16. The molecule has 94 valence electrons. The second-order valence-electron chi connectivity index (χ2n) is 3.67. The molecule has 0 atom stereocenters. The van der Waals surface area contributed by atoms with Crippen LogP contribution in [0.3, 0.4) is 0 Å². The highest BCUT2D eigenvalue weighted by Gasteiger charge is 2.25. The molecule has 0 fully saturated rings. The number of carbonyl (C=O) groups is 2. The highest BCUT2D eigenvalue weighted by atomic mass is 79.9. The minimum Gasteiger partial charge on any atom is -0.481 e. The van der Waals surface area contributed by atoms with Gasteiger partial charge in [0, 0.05) is 17.1 Å². The van der Waals surface area contributed by atoms with Crippen LogP contribution in [0.1, 0.15) is 25.7 Å². The quantitative estimate of drug-likeness (QED) is 0.356. The van der Waals surface area contributed by atoms with Crippen LogP contribution in [-0.4, -0.2) is 40.1 Å². The molecule has 0 saturated heterocycles. The Bertz CT molecular complexity index is 220. The summed E-state index contributed by atoms with van der Waals surface area (Å²) in [6.45, 7) is 0.718. The number of unbranched alkanes of at least 4 members (excludes halogenated alkanes) is 2. The van der Waals surface area contributed by atoms with Gasteiger partial charge in [0.15, 0.2) is 0 Å². The van der Waals surface area contributed by atoms with Crippen molar-refractivity contribution in [3.63, 3.8) is 0 Å². The highest BCUT2D eigenvalue weighted by Crippen LogP contribution is 2.10. The summed E-state index contributed by atoms with van der Waals surface area (Å²) in [6, 6.07) is 0. The van der Waals surface area contributed by atoms with E-state index in [0.29, 0.717) is 17.1 Å². The molecule has 0 aliphatic carbocycles. The van der Waals surface area contributed by atoms with Gasteiger partial charge >= 0.3 is 5.97 Å². The molecule has 0 aromatic rings. The van der Waals surface area contributed by atoms with Crippen molar-refractivity contribution in [3.8, 4) is 0 Å². The summed E-state index contributed by atoms with van der Waals surface area (Å²) in [7, 11) is 0. The zero-order chi connectivity index (χ0) is 12.4. The van der Waals surface area contributed by atoms with E-state index in [2.05, 4.69) is 37.2 Å². The molecule has 0 aromatic heterocycles. The van der Waals surface area contributed by atoms with Crippen molar-refractivity contribution in [1.29, 1.82) is 0 Å². The molecule has 0 radical (unpaired) electrons. The Balaban J connectivity index is 3.63. The lowest BCUT2D eigenvalue weighted by Gasteiger charge is -2.24. The van der Waals surface area contributed by atoms with Gasteiger partial charge in [0.05, 0.1) is 5.54 Å². The zero-order valence-electron chi connectivity index (χ0n) is 9.05. The summed E-state index contributed by atoms with van der Waals surface area (Å²) in [6.07, 6.45) is 3.54. The van der Waals surface area contributed by atoms with Gasteiger partial charge < -0.3 is 15.2 Å². The summed E-state index contributed by atoms with van der Waals surface area (Å²) >= 11 is 6.59. The van der Waals surface area contributed by atoms with E-state index in [0.717, 1.165) is 25.7 Å². The monoisotopic (exact) mass is 357 g/mol. The molecular weight excluding hydrogens is 342 g/mol. The summed E-state index contributed by atoms with van der Waals surface area (Å²) in [5, 5.41) is 12.7.